The number of aliphatic imine (C=N–C) groups is 1. The molecular formula is C21H23NO. The van der Waals surface area contributed by atoms with Crippen molar-refractivity contribution >= 4 is 5.90 Å². The van der Waals surface area contributed by atoms with Crippen LogP contribution in [0.5, 0.6) is 0 Å². The van der Waals surface area contributed by atoms with E-state index in [4.69, 9.17) is 9.73 Å². The summed E-state index contributed by atoms with van der Waals surface area (Å²) < 4.78 is 6.35. The van der Waals surface area contributed by atoms with Crippen LogP contribution in [0, 0.1) is 5.92 Å². The number of hydrogen-bond donors (Lipinski definition) is 0. The van der Waals surface area contributed by atoms with Gasteiger partial charge in [0.1, 0.15) is 6.10 Å². The van der Waals surface area contributed by atoms with Gasteiger partial charge in [-0.15, -0.1) is 0 Å². The van der Waals surface area contributed by atoms with Gasteiger partial charge in [0.25, 0.3) is 0 Å². The minimum Gasteiger partial charge on any atom is -0.467 e. The molecule has 2 aliphatic rings. The summed E-state index contributed by atoms with van der Waals surface area (Å²) in [4.78, 5) is 5.03. The van der Waals surface area contributed by atoms with Gasteiger partial charge in [0, 0.05) is 5.56 Å². The Labute approximate surface area is 138 Å². The van der Waals surface area contributed by atoms with E-state index in [9.17, 15) is 0 Å². The van der Waals surface area contributed by atoms with Crippen molar-refractivity contribution in [1.82, 2.24) is 0 Å². The maximum absolute atomic E-state index is 6.35. The van der Waals surface area contributed by atoms with Crippen molar-refractivity contribution in [1.29, 1.82) is 0 Å². The summed E-state index contributed by atoms with van der Waals surface area (Å²) >= 11 is 0. The molecule has 0 unspecified atom stereocenters. The minimum absolute atomic E-state index is 0.0644. The highest BCUT2D eigenvalue weighted by Gasteiger charge is 2.38. The third-order valence-corrected chi connectivity index (χ3v) is 5.10. The van der Waals surface area contributed by atoms with Gasteiger partial charge in [-0.25, -0.2) is 4.99 Å². The molecule has 2 aromatic rings. The number of hydrogen-bond acceptors (Lipinski definition) is 2. The quantitative estimate of drug-likeness (QED) is 0.768. The van der Waals surface area contributed by atoms with E-state index in [0.29, 0.717) is 5.92 Å². The predicted molar refractivity (Wildman–Crippen MR) is 93.6 cm³/mol. The zero-order chi connectivity index (χ0) is 15.5. The van der Waals surface area contributed by atoms with Gasteiger partial charge < -0.3 is 4.74 Å². The maximum Gasteiger partial charge on any atom is 0.217 e. The van der Waals surface area contributed by atoms with Crippen LogP contribution in [0.15, 0.2) is 65.7 Å². The lowest BCUT2D eigenvalue weighted by molar-refractivity contribution is 0.150. The van der Waals surface area contributed by atoms with E-state index < -0.39 is 0 Å². The van der Waals surface area contributed by atoms with E-state index in [1.165, 1.54) is 37.7 Å². The molecular weight excluding hydrogens is 282 g/mol. The van der Waals surface area contributed by atoms with Gasteiger partial charge in [-0.2, -0.15) is 0 Å². The molecule has 0 bridgehead atoms. The average molecular weight is 305 g/mol. The molecule has 2 aromatic carbocycles. The summed E-state index contributed by atoms with van der Waals surface area (Å²) in [7, 11) is 0. The molecule has 0 amide bonds. The molecule has 0 aromatic heterocycles. The van der Waals surface area contributed by atoms with Gasteiger partial charge in [0.15, 0.2) is 0 Å². The second-order valence-electron chi connectivity index (χ2n) is 6.64. The average Bonchev–Trinajstić information content (AvgIpc) is 3.09. The smallest absolute Gasteiger partial charge is 0.217 e. The second-order valence-corrected chi connectivity index (χ2v) is 6.64. The van der Waals surface area contributed by atoms with Crippen LogP contribution in [0.1, 0.15) is 49.3 Å². The molecule has 1 saturated carbocycles. The molecule has 2 atom stereocenters. The van der Waals surface area contributed by atoms with Gasteiger partial charge in [-0.3, -0.25) is 0 Å². The van der Waals surface area contributed by atoms with Crippen molar-refractivity contribution in [2.45, 2.75) is 44.2 Å². The zero-order valence-corrected chi connectivity index (χ0v) is 13.4. The Hall–Kier alpha value is -2.09. The molecule has 0 spiro atoms. The Kier molecular flexibility index (Phi) is 4.14. The summed E-state index contributed by atoms with van der Waals surface area (Å²) in [5.74, 6) is 1.46. The van der Waals surface area contributed by atoms with Crippen LogP contribution in [-0.4, -0.2) is 11.9 Å². The first-order valence-corrected chi connectivity index (χ1v) is 8.76. The standard InChI is InChI=1S/C21H23NO/c1-4-10-16(11-5-1)19-20(17-12-6-2-7-13-17)23-21(22-19)18-14-8-3-9-15-18/h2-3,6-9,12-16,19-20H,1,4-5,10-11H2/t19-,20-/m1/s1. The molecule has 0 N–H and O–H groups in total. The fraction of sp³-hybridized carbons (Fsp3) is 0.381. The topological polar surface area (TPSA) is 21.6 Å². The highest BCUT2D eigenvalue weighted by molar-refractivity contribution is 5.95. The van der Waals surface area contributed by atoms with Crippen LogP contribution in [0.25, 0.3) is 0 Å². The molecule has 1 aliphatic heterocycles. The summed E-state index contributed by atoms with van der Waals surface area (Å²) in [5.41, 5.74) is 2.34. The van der Waals surface area contributed by atoms with Crippen molar-refractivity contribution in [2.24, 2.45) is 10.9 Å². The van der Waals surface area contributed by atoms with E-state index in [0.717, 1.165) is 11.5 Å². The molecule has 0 saturated heterocycles. The molecule has 2 nitrogen and oxygen atoms in total. The van der Waals surface area contributed by atoms with Gasteiger partial charge in [-0.05, 0) is 36.5 Å². The number of ether oxygens (including phenoxy) is 1. The fourth-order valence-electron chi connectivity index (χ4n) is 3.88. The summed E-state index contributed by atoms with van der Waals surface area (Å²) in [6.45, 7) is 0. The minimum atomic E-state index is 0.0644. The van der Waals surface area contributed by atoms with Crippen molar-refractivity contribution < 1.29 is 4.74 Å². The number of benzene rings is 2. The van der Waals surface area contributed by atoms with Crippen LogP contribution < -0.4 is 0 Å². The van der Waals surface area contributed by atoms with E-state index >= 15 is 0 Å². The van der Waals surface area contributed by atoms with Crippen molar-refractivity contribution in [3.05, 3.63) is 71.8 Å². The summed E-state index contributed by atoms with van der Waals surface area (Å²) in [6, 6.07) is 21.2. The molecule has 1 aliphatic carbocycles. The fourth-order valence-corrected chi connectivity index (χ4v) is 3.88. The molecule has 1 heterocycles. The van der Waals surface area contributed by atoms with Crippen molar-refractivity contribution in [3.63, 3.8) is 0 Å². The lowest BCUT2D eigenvalue weighted by Gasteiger charge is -2.28. The molecule has 1 fully saturated rings. The molecule has 4 rings (SSSR count). The van der Waals surface area contributed by atoms with Gasteiger partial charge in [0.05, 0.1) is 6.04 Å². The van der Waals surface area contributed by atoms with E-state index in [1.54, 1.807) is 0 Å². The molecule has 2 heteroatoms. The van der Waals surface area contributed by atoms with Crippen LogP contribution in [0.2, 0.25) is 0 Å². The monoisotopic (exact) mass is 305 g/mol. The van der Waals surface area contributed by atoms with Gasteiger partial charge in [0.2, 0.25) is 5.90 Å². The second kappa shape index (κ2) is 6.57. The Morgan fingerprint density at radius 2 is 1.43 bits per heavy atom. The first-order valence-electron chi connectivity index (χ1n) is 8.76. The Bertz CT molecular complexity index is 659. The van der Waals surface area contributed by atoms with Gasteiger partial charge in [-0.1, -0.05) is 67.8 Å². The van der Waals surface area contributed by atoms with Crippen LogP contribution >= 0.6 is 0 Å². The summed E-state index contributed by atoms with van der Waals surface area (Å²) in [5, 5.41) is 0. The SMILES string of the molecule is c1ccc(C2=N[C@H](C3CCCCC3)[C@@H](c3ccccc3)O2)cc1. The third kappa shape index (κ3) is 3.03. The Morgan fingerprint density at radius 1 is 0.783 bits per heavy atom. The van der Waals surface area contributed by atoms with Crippen LogP contribution in [-0.2, 0) is 4.74 Å². The third-order valence-electron chi connectivity index (χ3n) is 5.10. The maximum atomic E-state index is 6.35. The largest absolute Gasteiger partial charge is 0.467 e. The molecule has 23 heavy (non-hydrogen) atoms. The van der Waals surface area contributed by atoms with E-state index in [2.05, 4.69) is 42.5 Å². The number of nitrogens with zero attached hydrogens (tertiary/aromatic N) is 1. The van der Waals surface area contributed by atoms with E-state index in [-0.39, 0.29) is 12.1 Å². The van der Waals surface area contributed by atoms with Crippen molar-refractivity contribution in [2.75, 3.05) is 0 Å². The molecule has 0 radical (unpaired) electrons. The molecule has 118 valence electrons. The van der Waals surface area contributed by atoms with E-state index in [1.807, 2.05) is 18.2 Å². The predicted octanol–water partition coefficient (Wildman–Crippen LogP) is 5.15. The van der Waals surface area contributed by atoms with Crippen molar-refractivity contribution in [3.8, 4) is 0 Å². The zero-order valence-electron chi connectivity index (χ0n) is 13.4. The first kappa shape index (κ1) is 14.5. The van der Waals surface area contributed by atoms with Crippen LogP contribution in [0.3, 0.4) is 0 Å². The highest BCUT2D eigenvalue weighted by Crippen LogP contribution is 2.40. The first-order chi connectivity index (χ1) is 11.4. The normalized spacial score (nSPS) is 25.0. The Balaban J connectivity index is 1.66. The Morgan fingerprint density at radius 3 is 2.13 bits per heavy atom. The lowest BCUT2D eigenvalue weighted by atomic mass is 9.81. The lowest BCUT2D eigenvalue weighted by Crippen LogP contribution is -2.25. The van der Waals surface area contributed by atoms with Gasteiger partial charge >= 0.3 is 0 Å². The van der Waals surface area contributed by atoms with Crippen LogP contribution in [0.4, 0.5) is 0 Å². The highest BCUT2D eigenvalue weighted by atomic mass is 16.5. The summed E-state index contributed by atoms with van der Waals surface area (Å²) in [6.07, 6.45) is 6.66. The number of rotatable bonds is 3.